The first-order valence-corrected chi connectivity index (χ1v) is 8.19. The number of nitrogens with zero attached hydrogens (tertiary/aromatic N) is 1. The highest BCUT2D eigenvalue weighted by molar-refractivity contribution is 6.10. The van der Waals surface area contributed by atoms with Crippen molar-refractivity contribution in [2.45, 2.75) is 19.8 Å². The number of anilines is 3. The number of fused-ring (bicyclic) bond motifs is 1. The molecule has 0 fully saturated rings. The van der Waals surface area contributed by atoms with Gasteiger partial charge in [-0.25, -0.2) is 4.39 Å². The minimum absolute atomic E-state index is 0.0318. The molecule has 0 aromatic heterocycles. The maximum atomic E-state index is 13.1. The molecule has 0 saturated carbocycles. The summed E-state index contributed by atoms with van der Waals surface area (Å²) in [6, 6.07) is 11.1. The van der Waals surface area contributed by atoms with Crippen LogP contribution in [-0.4, -0.2) is 24.3 Å². The molecule has 0 radical (unpaired) electrons. The monoisotopic (exact) mass is 355 g/mol. The molecule has 3 amide bonds. The summed E-state index contributed by atoms with van der Waals surface area (Å²) in [4.78, 5) is 37.7. The van der Waals surface area contributed by atoms with Crippen LogP contribution in [-0.2, 0) is 14.4 Å². The maximum absolute atomic E-state index is 13.1. The van der Waals surface area contributed by atoms with Crippen molar-refractivity contribution < 1.29 is 18.8 Å². The first kappa shape index (κ1) is 17.6. The SMILES string of the molecule is Cc1cc(F)ccc1NC(=O)CCC(=O)N1CC(=O)Nc2ccccc21. The van der Waals surface area contributed by atoms with Crippen LogP contribution in [0.3, 0.4) is 0 Å². The summed E-state index contributed by atoms with van der Waals surface area (Å²) in [5.74, 6) is -1.30. The highest BCUT2D eigenvalue weighted by Gasteiger charge is 2.26. The van der Waals surface area contributed by atoms with E-state index in [-0.39, 0.29) is 42.9 Å². The first-order chi connectivity index (χ1) is 12.4. The molecular weight excluding hydrogens is 337 g/mol. The fraction of sp³-hybridized carbons (Fsp3) is 0.211. The van der Waals surface area contributed by atoms with E-state index in [9.17, 15) is 18.8 Å². The van der Waals surface area contributed by atoms with Crippen molar-refractivity contribution in [2.24, 2.45) is 0 Å². The van der Waals surface area contributed by atoms with E-state index in [0.717, 1.165) is 0 Å². The molecule has 0 aliphatic carbocycles. The number of amides is 3. The van der Waals surface area contributed by atoms with Crippen molar-refractivity contribution in [1.82, 2.24) is 0 Å². The molecule has 2 aromatic carbocycles. The third-order valence-corrected chi connectivity index (χ3v) is 4.10. The molecule has 0 unspecified atom stereocenters. The van der Waals surface area contributed by atoms with Gasteiger partial charge in [-0.2, -0.15) is 0 Å². The quantitative estimate of drug-likeness (QED) is 0.885. The molecule has 1 heterocycles. The lowest BCUT2D eigenvalue weighted by atomic mass is 10.1. The Labute approximate surface area is 150 Å². The zero-order chi connectivity index (χ0) is 18.7. The highest BCUT2D eigenvalue weighted by Crippen LogP contribution is 2.29. The van der Waals surface area contributed by atoms with Crippen LogP contribution in [0.5, 0.6) is 0 Å². The van der Waals surface area contributed by atoms with Crippen molar-refractivity contribution in [2.75, 3.05) is 22.1 Å². The summed E-state index contributed by atoms with van der Waals surface area (Å²) in [7, 11) is 0. The fourth-order valence-corrected chi connectivity index (χ4v) is 2.79. The number of carbonyl (C=O) groups excluding carboxylic acids is 3. The lowest BCUT2D eigenvalue weighted by Crippen LogP contribution is -2.42. The average Bonchev–Trinajstić information content (AvgIpc) is 2.61. The van der Waals surface area contributed by atoms with E-state index < -0.39 is 0 Å². The fourth-order valence-electron chi connectivity index (χ4n) is 2.79. The van der Waals surface area contributed by atoms with E-state index in [1.807, 2.05) is 0 Å². The normalized spacial score (nSPS) is 13.0. The van der Waals surface area contributed by atoms with Gasteiger partial charge in [0.1, 0.15) is 12.4 Å². The zero-order valence-corrected chi connectivity index (χ0v) is 14.2. The van der Waals surface area contributed by atoms with Crippen molar-refractivity contribution in [1.29, 1.82) is 0 Å². The van der Waals surface area contributed by atoms with Crippen LogP contribution in [0.1, 0.15) is 18.4 Å². The van der Waals surface area contributed by atoms with Crippen molar-refractivity contribution in [3.8, 4) is 0 Å². The topological polar surface area (TPSA) is 78.5 Å². The Kier molecular flexibility index (Phi) is 4.97. The minimum atomic E-state index is -0.377. The molecule has 0 spiro atoms. The zero-order valence-electron chi connectivity index (χ0n) is 14.2. The van der Waals surface area contributed by atoms with Crippen molar-refractivity contribution in [3.63, 3.8) is 0 Å². The van der Waals surface area contributed by atoms with Gasteiger partial charge in [0.05, 0.1) is 11.4 Å². The molecular formula is C19H18FN3O3. The molecule has 0 saturated heterocycles. The van der Waals surface area contributed by atoms with Crippen LogP contribution in [0, 0.1) is 12.7 Å². The van der Waals surface area contributed by atoms with E-state index in [1.165, 1.54) is 23.1 Å². The molecule has 0 atom stereocenters. The number of rotatable bonds is 4. The van der Waals surface area contributed by atoms with Gasteiger partial charge in [0.2, 0.25) is 17.7 Å². The van der Waals surface area contributed by atoms with Crippen LogP contribution in [0.25, 0.3) is 0 Å². The van der Waals surface area contributed by atoms with Gasteiger partial charge in [-0.1, -0.05) is 12.1 Å². The smallest absolute Gasteiger partial charge is 0.244 e. The Morgan fingerprint density at radius 1 is 1.19 bits per heavy atom. The van der Waals surface area contributed by atoms with Crippen LogP contribution < -0.4 is 15.5 Å². The Balaban J connectivity index is 1.62. The second-order valence-electron chi connectivity index (χ2n) is 6.05. The molecule has 1 aliphatic heterocycles. The number of hydrogen-bond donors (Lipinski definition) is 2. The summed E-state index contributed by atoms with van der Waals surface area (Å²) in [6.07, 6.45) is -0.0658. The number of aryl methyl sites for hydroxylation is 1. The standard InChI is InChI=1S/C19H18FN3O3/c1-12-10-13(20)6-7-14(12)21-17(24)8-9-19(26)23-11-18(25)22-15-4-2-3-5-16(15)23/h2-7,10H,8-9,11H2,1H3,(H,21,24)(H,22,25). The molecule has 2 aromatic rings. The van der Waals surface area contributed by atoms with Gasteiger partial charge in [-0.15, -0.1) is 0 Å². The van der Waals surface area contributed by atoms with Gasteiger partial charge in [0, 0.05) is 18.5 Å². The van der Waals surface area contributed by atoms with Gasteiger partial charge in [-0.05, 0) is 42.8 Å². The molecule has 134 valence electrons. The van der Waals surface area contributed by atoms with E-state index in [0.29, 0.717) is 22.6 Å². The number of benzene rings is 2. The molecule has 26 heavy (non-hydrogen) atoms. The number of para-hydroxylation sites is 2. The summed E-state index contributed by atoms with van der Waals surface area (Å²) in [5, 5.41) is 5.38. The molecule has 1 aliphatic rings. The van der Waals surface area contributed by atoms with Crippen LogP contribution in [0.2, 0.25) is 0 Å². The predicted molar refractivity (Wildman–Crippen MR) is 96.4 cm³/mol. The predicted octanol–water partition coefficient (Wildman–Crippen LogP) is 2.84. The number of nitrogens with one attached hydrogen (secondary N) is 2. The lowest BCUT2D eigenvalue weighted by molar-refractivity contribution is -0.124. The second-order valence-corrected chi connectivity index (χ2v) is 6.05. The summed E-state index contributed by atoms with van der Waals surface area (Å²) < 4.78 is 13.1. The highest BCUT2D eigenvalue weighted by atomic mass is 19.1. The van der Waals surface area contributed by atoms with Crippen LogP contribution >= 0.6 is 0 Å². The largest absolute Gasteiger partial charge is 0.326 e. The average molecular weight is 355 g/mol. The van der Waals surface area contributed by atoms with Crippen LogP contribution in [0.15, 0.2) is 42.5 Å². The number of carbonyl (C=O) groups is 3. The maximum Gasteiger partial charge on any atom is 0.244 e. The number of halogens is 1. The van der Waals surface area contributed by atoms with Gasteiger partial charge >= 0.3 is 0 Å². The molecule has 2 N–H and O–H groups in total. The summed E-state index contributed by atoms with van der Waals surface area (Å²) >= 11 is 0. The number of hydrogen-bond acceptors (Lipinski definition) is 3. The summed E-state index contributed by atoms with van der Waals surface area (Å²) in [5.41, 5.74) is 2.30. The van der Waals surface area contributed by atoms with Gasteiger partial charge in [0.15, 0.2) is 0 Å². The Morgan fingerprint density at radius 2 is 1.96 bits per heavy atom. The summed E-state index contributed by atoms with van der Waals surface area (Å²) in [6.45, 7) is 1.61. The van der Waals surface area contributed by atoms with E-state index in [4.69, 9.17) is 0 Å². The Hall–Kier alpha value is -3.22. The second kappa shape index (κ2) is 7.35. The third kappa shape index (κ3) is 3.88. The van der Waals surface area contributed by atoms with Gasteiger partial charge in [-0.3, -0.25) is 14.4 Å². The van der Waals surface area contributed by atoms with Crippen molar-refractivity contribution in [3.05, 3.63) is 53.8 Å². The molecule has 6 nitrogen and oxygen atoms in total. The van der Waals surface area contributed by atoms with Gasteiger partial charge < -0.3 is 15.5 Å². The minimum Gasteiger partial charge on any atom is -0.326 e. The molecule has 3 rings (SSSR count). The van der Waals surface area contributed by atoms with Crippen LogP contribution in [0.4, 0.5) is 21.5 Å². The lowest BCUT2D eigenvalue weighted by Gasteiger charge is -2.29. The first-order valence-electron chi connectivity index (χ1n) is 8.19. The van der Waals surface area contributed by atoms with E-state index >= 15 is 0 Å². The molecule has 0 bridgehead atoms. The third-order valence-electron chi connectivity index (χ3n) is 4.10. The molecule has 7 heteroatoms. The van der Waals surface area contributed by atoms with E-state index in [1.54, 1.807) is 31.2 Å². The Morgan fingerprint density at radius 3 is 2.73 bits per heavy atom. The van der Waals surface area contributed by atoms with E-state index in [2.05, 4.69) is 10.6 Å². The van der Waals surface area contributed by atoms with Gasteiger partial charge in [0.25, 0.3) is 0 Å². The Bertz CT molecular complexity index is 882. The van der Waals surface area contributed by atoms with Crippen molar-refractivity contribution >= 4 is 34.8 Å².